The first-order valence-corrected chi connectivity index (χ1v) is 11.0. The van der Waals surface area contributed by atoms with E-state index in [1.165, 1.54) is 12.4 Å². The summed E-state index contributed by atoms with van der Waals surface area (Å²) >= 11 is 0. The van der Waals surface area contributed by atoms with Crippen molar-refractivity contribution >= 4 is 17.0 Å². The zero-order chi connectivity index (χ0) is 24.5. The molecule has 0 spiro atoms. The minimum absolute atomic E-state index is 0.163. The van der Waals surface area contributed by atoms with Gasteiger partial charge < -0.3 is 10.3 Å². The Balaban J connectivity index is 1.51. The maximum Gasteiger partial charge on any atom is 0.417 e. The molecule has 1 aliphatic heterocycles. The maximum absolute atomic E-state index is 13.2. The van der Waals surface area contributed by atoms with Crippen LogP contribution in [0.25, 0.3) is 22.3 Å². The number of piperidine rings is 1. The molecule has 1 saturated heterocycles. The van der Waals surface area contributed by atoms with Crippen LogP contribution < -0.4 is 5.32 Å². The average molecular weight is 474 g/mol. The molecule has 4 rings (SSSR count). The number of pyridine rings is 1. The molecule has 3 aromatic rings. The summed E-state index contributed by atoms with van der Waals surface area (Å²) in [5, 5.41) is 15.0. The van der Waals surface area contributed by atoms with Gasteiger partial charge in [-0.3, -0.25) is 4.84 Å². The first-order chi connectivity index (χ1) is 16.0. The molecule has 0 radical (unpaired) electrons. The van der Waals surface area contributed by atoms with Crippen LogP contribution in [0, 0.1) is 17.2 Å². The van der Waals surface area contributed by atoms with E-state index in [4.69, 9.17) is 4.84 Å². The van der Waals surface area contributed by atoms with E-state index in [1.807, 2.05) is 31.9 Å². The van der Waals surface area contributed by atoms with Gasteiger partial charge in [-0.1, -0.05) is 0 Å². The molecule has 0 saturated carbocycles. The van der Waals surface area contributed by atoms with Crippen molar-refractivity contribution in [2.45, 2.75) is 45.4 Å². The van der Waals surface area contributed by atoms with Crippen molar-refractivity contribution in [3.05, 3.63) is 35.8 Å². The number of hydrogen-bond donors (Lipinski definition) is 2. The number of halogens is 3. The molecule has 0 unspecified atom stereocenters. The Labute approximate surface area is 195 Å². The van der Waals surface area contributed by atoms with Gasteiger partial charge in [-0.25, -0.2) is 15.0 Å². The lowest BCUT2D eigenvalue weighted by Crippen LogP contribution is -2.40. The molecule has 0 amide bonds. The van der Waals surface area contributed by atoms with Gasteiger partial charge in [0.25, 0.3) is 0 Å². The monoisotopic (exact) mass is 473 g/mol. The van der Waals surface area contributed by atoms with E-state index >= 15 is 0 Å². The van der Waals surface area contributed by atoms with Crippen molar-refractivity contribution in [2.75, 3.05) is 25.0 Å². The number of aromatic amines is 1. The highest BCUT2D eigenvalue weighted by molar-refractivity contribution is 5.94. The van der Waals surface area contributed by atoms with E-state index in [1.54, 1.807) is 0 Å². The molecule has 11 heteroatoms. The van der Waals surface area contributed by atoms with Gasteiger partial charge in [0.2, 0.25) is 5.95 Å². The van der Waals surface area contributed by atoms with Crippen LogP contribution in [-0.4, -0.2) is 50.2 Å². The second-order valence-electron chi connectivity index (χ2n) is 9.34. The van der Waals surface area contributed by atoms with Crippen LogP contribution in [-0.2, 0) is 11.0 Å². The highest BCUT2D eigenvalue weighted by Gasteiger charge is 2.32. The third-order valence-electron chi connectivity index (χ3n) is 5.55. The number of anilines is 1. The third-order valence-corrected chi connectivity index (χ3v) is 5.55. The molecule has 8 nitrogen and oxygen atoms in total. The minimum Gasteiger partial charge on any atom is -0.354 e. The van der Waals surface area contributed by atoms with Gasteiger partial charge in [-0.2, -0.15) is 23.5 Å². The predicted octanol–water partition coefficient (Wildman–Crippen LogP) is 4.76. The summed E-state index contributed by atoms with van der Waals surface area (Å²) < 4.78 is 39.6. The lowest BCUT2D eigenvalue weighted by molar-refractivity contribution is -0.238. The Bertz CT molecular complexity index is 1200. The fourth-order valence-electron chi connectivity index (χ4n) is 3.94. The van der Waals surface area contributed by atoms with Crippen LogP contribution in [0.2, 0.25) is 0 Å². The van der Waals surface area contributed by atoms with E-state index in [0.717, 1.165) is 38.2 Å². The Morgan fingerprint density at radius 1 is 1.21 bits per heavy atom. The summed E-state index contributed by atoms with van der Waals surface area (Å²) in [5.41, 5.74) is -0.0327. The van der Waals surface area contributed by atoms with Gasteiger partial charge in [0.15, 0.2) is 0 Å². The summed E-state index contributed by atoms with van der Waals surface area (Å²) in [7, 11) is 0. The first-order valence-electron chi connectivity index (χ1n) is 11.0. The fourth-order valence-corrected chi connectivity index (χ4v) is 3.94. The molecule has 1 aliphatic rings. The van der Waals surface area contributed by atoms with Crippen LogP contribution in [0.3, 0.4) is 0 Å². The second kappa shape index (κ2) is 9.19. The standard InChI is InChI=1S/C23H26F3N7O/c1-22(2,3)34-33-6-4-14(5-7-33)10-30-21-31-11-15(9-27)19(32-21)18-13-29-20-17(18)8-16(12-28-20)23(24,25)26/h8,11-14H,4-7,10H2,1-3H3,(H,28,29)(H,30,31,32). The number of hydrogen-bond acceptors (Lipinski definition) is 7. The number of hydroxylamine groups is 2. The SMILES string of the molecule is CC(C)(C)ON1CCC(CNc2ncc(C#N)c(-c3c[nH]c4ncc(C(F)(F)F)cc34)n2)CC1. The summed E-state index contributed by atoms with van der Waals surface area (Å²) in [5.74, 6) is 0.714. The third kappa shape index (κ3) is 5.46. The van der Waals surface area contributed by atoms with Crippen molar-refractivity contribution in [1.82, 2.24) is 25.0 Å². The molecule has 4 heterocycles. The number of H-pyrrole nitrogens is 1. The number of rotatable bonds is 5. The van der Waals surface area contributed by atoms with Crippen molar-refractivity contribution < 1.29 is 18.0 Å². The minimum atomic E-state index is -4.53. The average Bonchev–Trinajstić information content (AvgIpc) is 3.20. The van der Waals surface area contributed by atoms with Crippen molar-refractivity contribution in [3.8, 4) is 17.3 Å². The van der Waals surface area contributed by atoms with E-state index in [2.05, 4.69) is 25.3 Å². The van der Waals surface area contributed by atoms with Crippen LogP contribution in [0.15, 0.2) is 24.7 Å². The van der Waals surface area contributed by atoms with Crippen LogP contribution >= 0.6 is 0 Å². The van der Waals surface area contributed by atoms with E-state index in [0.29, 0.717) is 24.0 Å². The van der Waals surface area contributed by atoms with Crippen LogP contribution in [0.5, 0.6) is 0 Å². The van der Waals surface area contributed by atoms with Crippen molar-refractivity contribution in [1.29, 1.82) is 5.26 Å². The lowest BCUT2D eigenvalue weighted by Gasteiger charge is -2.35. The largest absolute Gasteiger partial charge is 0.417 e. The summed E-state index contributed by atoms with van der Waals surface area (Å²) in [6.07, 6.45) is 1.03. The molecule has 3 aromatic heterocycles. The lowest BCUT2D eigenvalue weighted by atomic mass is 9.98. The van der Waals surface area contributed by atoms with Gasteiger partial charge in [-0.05, 0) is 45.6 Å². The molecule has 180 valence electrons. The Morgan fingerprint density at radius 2 is 1.94 bits per heavy atom. The van der Waals surface area contributed by atoms with Gasteiger partial charge in [0, 0.05) is 43.0 Å². The summed E-state index contributed by atoms with van der Waals surface area (Å²) in [4.78, 5) is 21.3. The Kier molecular flexibility index (Phi) is 6.47. The number of fused-ring (bicyclic) bond motifs is 1. The van der Waals surface area contributed by atoms with Gasteiger partial charge >= 0.3 is 6.18 Å². The summed E-state index contributed by atoms with van der Waals surface area (Å²) in [6, 6.07) is 3.03. The number of nitrogens with zero attached hydrogens (tertiary/aromatic N) is 5. The molecule has 2 N–H and O–H groups in total. The Hall–Kier alpha value is -3.23. The molecular formula is C23H26F3N7O. The normalized spacial score (nSPS) is 16.0. The molecular weight excluding hydrogens is 447 g/mol. The molecule has 0 bridgehead atoms. The van der Waals surface area contributed by atoms with Crippen molar-refractivity contribution in [3.63, 3.8) is 0 Å². The maximum atomic E-state index is 13.2. The van der Waals surface area contributed by atoms with Crippen molar-refractivity contribution in [2.24, 2.45) is 5.92 Å². The van der Waals surface area contributed by atoms with Gasteiger partial charge in [0.1, 0.15) is 11.7 Å². The molecule has 34 heavy (non-hydrogen) atoms. The number of alkyl halides is 3. The first kappa shape index (κ1) is 23.9. The zero-order valence-electron chi connectivity index (χ0n) is 19.2. The fraction of sp³-hybridized carbons (Fsp3) is 0.478. The predicted molar refractivity (Wildman–Crippen MR) is 120 cm³/mol. The van der Waals surface area contributed by atoms with Gasteiger partial charge in [0.05, 0.1) is 28.6 Å². The van der Waals surface area contributed by atoms with Crippen LogP contribution in [0.4, 0.5) is 19.1 Å². The van der Waals surface area contributed by atoms with E-state index < -0.39 is 11.7 Å². The van der Waals surface area contributed by atoms with Gasteiger partial charge in [-0.15, -0.1) is 0 Å². The quantitative estimate of drug-likeness (QED) is 0.551. The second-order valence-corrected chi connectivity index (χ2v) is 9.34. The zero-order valence-corrected chi connectivity index (χ0v) is 19.2. The number of nitriles is 1. The number of aromatic nitrogens is 4. The highest BCUT2D eigenvalue weighted by Crippen LogP contribution is 2.34. The summed E-state index contributed by atoms with van der Waals surface area (Å²) in [6.45, 7) is 8.36. The van der Waals surface area contributed by atoms with E-state index in [9.17, 15) is 18.4 Å². The molecule has 0 atom stereocenters. The smallest absolute Gasteiger partial charge is 0.354 e. The highest BCUT2D eigenvalue weighted by atomic mass is 19.4. The van der Waals surface area contributed by atoms with E-state index in [-0.39, 0.29) is 27.9 Å². The topological polar surface area (TPSA) is 103 Å². The molecule has 0 aliphatic carbocycles. The Morgan fingerprint density at radius 3 is 2.59 bits per heavy atom. The molecule has 0 aromatic carbocycles. The molecule has 1 fully saturated rings. The van der Waals surface area contributed by atoms with Crippen LogP contribution in [0.1, 0.15) is 44.7 Å². The number of nitrogens with one attached hydrogen (secondary N) is 2.